The smallest absolute Gasteiger partial charge is 0.339 e. The Balaban J connectivity index is 1.59. The summed E-state index contributed by atoms with van der Waals surface area (Å²) in [6.45, 7) is -0.0954. The predicted molar refractivity (Wildman–Crippen MR) is 107 cm³/mol. The predicted octanol–water partition coefficient (Wildman–Crippen LogP) is 3.16. The van der Waals surface area contributed by atoms with Crippen LogP contribution in [0.4, 0.5) is 10.5 Å². The molecule has 3 N–H and O–H groups in total. The number of phenols is 1. The average Bonchev–Trinajstić information content (AvgIpc) is 2.93. The van der Waals surface area contributed by atoms with E-state index in [1.807, 2.05) is 30.3 Å². The standard InChI is InChI=1S/C20H16N2O6S/c23-15-11-13(6-7-14(15)19(26)27)21-17(24)8-9-22-18(25)16(29-20(22)28)10-12-4-2-1-3-5-12/h1-7,10-11,23H,8-9H2,(H,21,24)(H,26,27)/b16-10-. The van der Waals surface area contributed by atoms with E-state index in [0.29, 0.717) is 0 Å². The van der Waals surface area contributed by atoms with E-state index in [1.54, 1.807) is 6.08 Å². The van der Waals surface area contributed by atoms with Gasteiger partial charge in [-0.2, -0.15) is 0 Å². The highest BCUT2D eigenvalue weighted by molar-refractivity contribution is 8.18. The molecule has 3 rings (SSSR count). The van der Waals surface area contributed by atoms with E-state index in [1.165, 1.54) is 6.07 Å². The van der Waals surface area contributed by atoms with Gasteiger partial charge < -0.3 is 15.5 Å². The van der Waals surface area contributed by atoms with Crippen molar-refractivity contribution in [2.45, 2.75) is 6.42 Å². The van der Waals surface area contributed by atoms with Gasteiger partial charge in [0.05, 0.1) is 4.91 Å². The number of carboxylic acid groups (broad SMARTS) is 1. The van der Waals surface area contributed by atoms with Crippen LogP contribution >= 0.6 is 11.8 Å². The van der Waals surface area contributed by atoms with E-state index in [9.17, 15) is 24.3 Å². The summed E-state index contributed by atoms with van der Waals surface area (Å²) in [5.41, 5.74) is 0.710. The molecule has 29 heavy (non-hydrogen) atoms. The number of nitrogens with zero attached hydrogens (tertiary/aromatic N) is 1. The second-order valence-electron chi connectivity index (χ2n) is 6.08. The fraction of sp³-hybridized carbons (Fsp3) is 0.100. The van der Waals surface area contributed by atoms with Gasteiger partial charge in [-0.05, 0) is 35.5 Å². The zero-order valence-corrected chi connectivity index (χ0v) is 15.8. The number of benzene rings is 2. The number of amides is 3. The summed E-state index contributed by atoms with van der Waals surface area (Å²) in [6.07, 6.45) is 1.48. The van der Waals surface area contributed by atoms with Crippen LogP contribution in [0.15, 0.2) is 53.4 Å². The van der Waals surface area contributed by atoms with Gasteiger partial charge in [0.15, 0.2) is 0 Å². The van der Waals surface area contributed by atoms with Crippen molar-refractivity contribution in [3.8, 4) is 5.75 Å². The number of aromatic hydroxyl groups is 1. The topological polar surface area (TPSA) is 124 Å². The Morgan fingerprint density at radius 3 is 2.48 bits per heavy atom. The van der Waals surface area contributed by atoms with Gasteiger partial charge in [0.1, 0.15) is 11.3 Å². The van der Waals surface area contributed by atoms with Crippen LogP contribution in [0.2, 0.25) is 0 Å². The summed E-state index contributed by atoms with van der Waals surface area (Å²) >= 11 is 0.817. The number of imide groups is 1. The molecule has 1 heterocycles. The quantitative estimate of drug-likeness (QED) is 0.623. The van der Waals surface area contributed by atoms with E-state index >= 15 is 0 Å². The van der Waals surface area contributed by atoms with Crippen molar-refractivity contribution < 1.29 is 29.4 Å². The maximum Gasteiger partial charge on any atom is 0.339 e. The summed E-state index contributed by atoms with van der Waals surface area (Å²) in [4.78, 5) is 48.8. The van der Waals surface area contributed by atoms with E-state index in [4.69, 9.17) is 5.11 Å². The molecule has 9 heteroatoms. The molecule has 148 valence electrons. The lowest BCUT2D eigenvalue weighted by molar-refractivity contribution is -0.123. The largest absolute Gasteiger partial charge is 0.507 e. The Hall–Kier alpha value is -3.59. The molecule has 8 nitrogen and oxygen atoms in total. The maximum atomic E-state index is 12.4. The number of anilines is 1. The lowest BCUT2D eigenvalue weighted by atomic mass is 10.2. The van der Waals surface area contributed by atoms with Crippen LogP contribution in [-0.2, 0) is 9.59 Å². The molecular weight excluding hydrogens is 396 g/mol. The second-order valence-corrected chi connectivity index (χ2v) is 7.07. The molecule has 1 aliphatic rings. The van der Waals surface area contributed by atoms with Crippen molar-refractivity contribution in [3.05, 3.63) is 64.6 Å². The number of carbonyl (C=O) groups excluding carboxylic acids is 3. The minimum atomic E-state index is -1.29. The summed E-state index contributed by atoms with van der Waals surface area (Å²) in [7, 11) is 0. The Morgan fingerprint density at radius 2 is 1.83 bits per heavy atom. The monoisotopic (exact) mass is 412 g/mol. The summed E-state index contributed by atoms with van der Waals surface area (Å²) < 4.78 is 0. The molecule has 1 fully saturated rings. The van der Waals surface area contributed by atoms with E-state index in [2.05, 4.69) is 5.32 Å². The zero-order valence-electron chi connectivity index (χ0n) is 15.0. The number of hydrogen-bond donors (Lipinski definition) is 3. The lowest BCUT2D eigenvalue weighted by Gasteiger charge is -2.12. The number of aromatic carboxylic acids is 1. The SMILES string of the molecule is O=C(CCN1C(=O)S/C(=C\c2ccccc2)C1=O)Nc1ccc(C(=O)O)c(O)c1. The van der Waals surface area contributed by atoms with Gasteiger partial charge in [0.25, 0.3) is 11.1 Å². The van der Waals surface area contributed by atoms with Crippen molar-refractivity contribution in [1.29, 1.82) is 0 Å². The molecule has 0 unspecified atom stereocenters. The third kappa shape index (κ3) is 4.82. The fourth-order valence-electron chi connectivity index (χ4n) is 2.62. The molecule has 0 bridgehead atoms. The van der Waals surface area contributed by atoms with Crippen molar-refractivity contribution in [1.82, 2.24) is 4.90 Å². The molecular formula is C20H16N2O6S. The third-order valence-corrected chi connectivity index (χ3v) is 4.95. The number of carboxylic acids is 1. The Morgan fingerprint density at radius 1 is 1.10 bits per heavy atom. The van der Waals surface area contributed by atoms with Gasteiger partial charge in [-0.1, -0.05) is 30.3 Å². The summed E-state index contributed by atoms with van der Waals surface area (Å²) in [6, 6.07) is 12.7. The highest BCUT2D eigenvalue weighted by Gasteiger charge is 2.35. The summed E-state index contributed by atoms with van der Waals surface area (Å²) in [5.74, 6) is -2.71. The van der Waals surface area contributed by atoms with Gasteiger partial charge in [-0.3, -0.25) is 19.3 Å². The fourth-order valence-corrected chi connectivity index (χ4v) is 3.49. The first kappa shape index (κ1) is 20.2. The van der Waals surface area contributed by atoms with Crippen LogP contribution < -0.4 is 5.32 Å². The Kier molecular flexibility index (Phi) is 5.99. The normalized spacial score (nSPS) is 15.0. The maximum absolute atomic E-state index is 12.4. The molecule has 3 amide bonds. The first-order chi connectivity index (χ1) is 13.8. The van der Waals surface area contributed by atoms with E-state index in [0.717, 1.165) is 34.4 Å². The van der Waals surface area contributed by atoms with Gasteiger partial charge in [0, 0.05) is 24.7 Å². The molecule has 0 radical (unpaired) electrons. The lowest BCUT2D eigenvalue weighted by Crippen LogP contribution is -2.31. The molecule has 0 atom stereocenters. The van der Waals surface area contributed by atoms with E-state index in [-0.39, 0.29) is 29.1 Å². The van der Waals surface area contributed by atoms with Gasteiger partial charge in [0.2, 0.25) is 5.91 Å². The number of rotatable bonds is 6. The summed E-state index contributed by atoms with van der Waals surface area (Å²) in [5, 5.41) is 20.6. The van der Waals surface area contributed by atoms with Crippen LogP contribution in [0.5, 0.6) is 5.75 Å². The minimum Gasteiger partial charge on any atom is -0.507 e. The molecule has 1 aliphatic heterocycles. The number of carbonyl (C=O) groups is 4. The van der Waals surface area contributed by atoms with Crippen molar-refractivity contribution in [2.75, 3.05) is 11.9 Å². The molecule has 1 saturated heterocycles. The van der Waals surface area contributed by atoms with Crippen molar-refractivity contribution in [3.63, 3.8) is 0 Å². The molecule has 2 aromatic rings. The molecule has 0 aliphatic carbocycles. The number of hydrogen-bond acceptors (Lipinski definition) is 6. The number of nitrogens with one attached hydrogen (secondary N) is 1. The van der Waals surface area contributed by atoms with Crippen LogP contribution in [0, 0.1) is 0 Å². The molecule has 2 aromatic carbocycles. The highest BCUT2D eigenvalue weighted by atomic mass is 32.2. The van der Waals surface area contributed by atoms with Crippen LogP contribution in [0.1, 0.15) is 22.3 Å². The van der Waals surface area contributed by atoms with Gasteiger partial charge in [-0.15, -0.1) is 0 Å². The number of thioether (sulfide) groups is 1. The average molecular weight is 412 g/mol. The van der Waals surface area contributed by atoms with Gasteiger partial charge >= 0.3 is 5.97 Å². The zero-order chi connectivity index (χ0) is 21.0. The highest BCUT2D eigenvalue weighted by Crippen LogP contribution is 2.32. The second kappa shape index (κ2) is 8.61. The molecule has 0 aromatic heterocycles. The first-order valence-corrected chi connectivity index (χ1v) is 9.33. The van der Waals surface area contributed by atoms with Gasteiger partial charge in [-0.25, -0.2) is 4.79 Å². The van der Waals surface area contributed by atoms with Crippen LogP contribution in [0.25, 0.3) is 6.08 Å². The first-order valence-electron chi connectivity index (χ1n) is 8.52. The molecule has 0 spiro atoms. The van der Waals surface area contributed by atoms with Crippen LogP contribution in [-0.4, -0.2) is 44.7 Å². The van der Waals surface area contributed by atoms with E-state index < -0.39 is 28.8 Å². The van der Waals surface area contributed by atoms with Crippen LogP contribution in [0.3, 0.4) is 0 Å². The Labute approximate surface area is 169 Å². The third-order valence-electron chi connectivity index (χ3n) is 4.05. The van der Waals surface area contributed by atoms with Crippen molar-refractivity contribution in [2.24, 2.45) is 0 Å². The minimum absolute atomic E-state index is 0.0954. The van der Waals surface area contributed by atoms with Crippen molar-refractivity contribution >= 4 is 46.5 Å². The Bertz CT molecular complexity index is 1020. The molecule has 0 saturated carbocycles.